The van der Waals surface area contributed by atoms with Crippen LogP contribution in [0.25, 0.3) is 0 Å². The Morgan fingerprint density at radius 2 is 1.95 bits per heavy atom. The summed E-state index contributed by atoms with van der Waals surface area (Å²) in [6.45, 7) is 0. The summed E-state index contributed by atoms with van der Waals surface area (Å²) in [6.07, 6.45) is 3.33. The van der Waals surface area contributed by atoms with Crippen LogP contribution in [0.1, 0.15) is 42.3 Å². The molecule has 104 valence electrons. The van der Waals surface area contributed by atoms with Crippen LogP contribution in [0.15, 0.2) is 24.3 Å². The Bertz CT molecular complexity index is 563. The maximum absolute atomic E-state index is 11.7. The molecule has 0 radical (unpaired) electrons. The van der Waals surface area contributed by atoms with Crippen molar-refractivity contribution in [3.8, 4) is 0 Å². The number of benzene rings is 1. The van der Waals surface area contributed by atoms with Gasteiger partial charge in [-0.2, -0.15) is 0 Å². The van der Waals surface area contributed by atoms with E-state index in [9.17, 15) is 8.42 Å². The van der Waals surface area contributed by atoms with Gasteiger partial charge < -0.3 is 5.32 Å². The first-order valence-electron chi connectivity index (χ1n) is 7.07. The zero-order chi connectivity index (χ0) is 13.5. The molecule has 2 atom stereocenters. The highest BCUT2D eigenvalue weighted by Crippen LogP contribution is 2.44. The van der Waals surface area contributed by atoms with Gasteiger partial charge >= 0.3 is 0 Å². The van der Waals surface area contributed by atoms with Crippen molar-refractivity contribution in [1.29, 1.82) is 0 Å². The zero-order valence-corrected chi connectivity index (χ0v) is 12.1. The van der Waals surface area contributed by atoms with Gasteiger partial charge in [-0.05, 0) is 49.3 Å². The first-order chi connectivity index (χ1) is 9.11. The topological polar surface area (TPSA) is 46.2 Å². The fraction of sp³-hybridized carbons (Fsp3) is 0.600. The SMILES string of the molecule is CNC(c1ccccc1C1CC1)C1CCS(=O)(=O)C1. The molecule has 1 N–H and O–H groups in total. The third-order valence-corrected chi connectivity index (χ3v) is 6.19. The second-order valence-corrected chi connectivity index (χ2v) is 8.06. The van der Waals surface area contributed by atoms with Crippen LogP contribution < -0.4 is 5.32 Å². The smallest absolute Gasteiger partial charge is 0.150 e. The maximum Gasteiger partial charge on any atom is 0.150 e. The van der Waals surface area contributed by atoms with Crippen molar-refractivity contribution in [3.05, 3.63) is 35.4 Å². The van der Waals surface area contributed by atoms with Gasteiger partial charge in [-0.1, -0.05) is 24.3 Å². The summed E-state index contributed by atoms with van der Waals surface area (Å²) in [6, 6.07) is 8.71. The van der Waals surface area contributed by atoms with E-state index >= 15 is 0 Å². The van der Waals surface area contributed by atoms with Gasteiger partial charge in [0, 0.05) is 6.04 Å². The predicted octanol–water partition coefficient (Wildman–Crippen LogP) is 2.26. The molecule has 0 aromatic heterocycles. The summed E-state index contributed by atoms with van der Waals surface area (Å²) in [7, 11) is -0.872. The van der Waals surface area contributed by atoms with E-state index in [1.807, 2.05) is 7.05 Å². The van der Waals surface area contributed by atoms with E-state index in [4.69, 9.17) is 0 Å². The van der Waals surface area contributed by atoms with E-state index in [1.165, 1.54) is 24.0 Å². The lowest BCUT2D eigenvalue weighted by Gasteiger charge is -2.25. The maximum atomic E-state index is 11.7. The van der Waals surface area contributed by atoms with Gasteiger partial charge in [0.05, 0.1) is 11.5 Å². The van der Waals surface area contributed by atoms with Gasteiger partial charge in [-0.25, -0.2) is 8.42 Å². The molecule has 1 aromatic carbocycles. The molecule has 1 saturated heterocycles. The van der Waals surface area contributed by atoms with Gasteiger partial charge in [-0.15, -0.1) is 0 Å². The summed E-state index contributed by atoms with van der Waals surface area (Å²) < 4.78 is 23.4. The molecule has 1 aliphatic carbocycles. The van der Waals surface area contributed by atoms with Crippen LogP contribution in [0.2, 0.25) is 0 Å². The van der Waals surface area contributed by atoms with Crippen molar-refractivity contribution in [2.45, 2.75) is 31.2 Å². The third kappa shape index (κ3) is 2.70. The molecule has 3 rings (SSSR count). The number of rotatable bonds is 4. The van der Waals surface area contributed by atoms with Crippen molar-refractivity contribution in [2.75, 3.05) is 18.6 Å². The Morgan fingerprint density at radius 1 is 1.21 bits per heavy atom. The number of sulfone groups is 1. The van der Waals surface area contributed by atoms with Crippen LogP contribution in [-0.2, 0) is 9.84 Å². The first-order valence-corrected chi connectivity index (χ1v) is 8.89. The lowest BCUT2D eigenvalue weighted by atomic mass is 9.88. The van der Waals surface area contributed by atoms with Crippen LogP contribution in [0.3, 0.4) is 0 Å². The van der Waals surface area contributed by atoms with Gasteiger partial charge in [-0.3, -0.25) is 0 Å². The van der Waals surface area contributed by atoms with Crippen LogP contribution in [0.4, 0.5) is 0 Å². The van der Waals surface area contributed by atoms with E-state index in [0.717, 1.165) is 6.42 Å². The molecule has 1 aromatic rings. The van der Waals surface area contributed by atoms with Gasteiger partial charge in [0.25, 0.3) is 0 Å². The highest BCUT2D eigenvalue weighted by Gasteiger charge is 2.36. The molecule has 1 saturated carbocycles. The molecule has 2 fully saturated rings. The zero-order valence-electron chi connectivity index (χ0n) is 11.3. The monoisotopic (exact) mass is 279 g/mol. The number of hydrogen-bond donors (Lipinski definition) is 1. The Kier molecular flexibility index (Phi) is 3.39. The fourth-order valence-electron chi connectivity index (χ4n) is 3.29. The molecule has 2 aliphatic rings. The molecule has 2 unspecified atom stereocenters. The Labute approximate surface area is 115 Å². The Morgan fingerprint density at radius 3 is 2.53 bits per heavy atom. The largest absolute Gasteiger partial charge is 0.313 e. The van der Waals surface area contributed by atoms with Gasteiger partial charge in [0.15, 0.2) is 9.84 Å². The minimum absolute atomic E-state index is 0.175. The second kappa shape index (κ2) is 4.91. The van der Waals surface area contributed by atoms with E-state index in [0.29, 0.717) is 17.4 Å². The third-order valence-electron chi connectivity index (χ3n) is 4.40. The minimum Gasteiger partial charge on any atom is -0.313 e. The minimum atomic E-state index is -2.82. The lowest BCUT2D eigenvalue weighted by Crippen LogP contribution is -2.27. The summed E-state index contributed by atoms with van der Waals surface area (Å²) in [4.78, 5) is 0. The molecule has 1 heterocycles. The van der Waals surface area contributed by atoms with Crippen molar-refractivity contribution >= 4 is 9.84 Å². The Hall–Kier alpha value is -0.870. The quantitative estimate of drug-likeness (QED) is 0.919. The van der Waals surface area contributed by atoms with Crippen molar-refractivity contribution in [2.24, 2.45) is 5.92 Å². The summed E-state index contributed by atoms with van der Waals surface area (Å²) in [5, 5.41) is 3.36. The van der Waals surface area contributed by atoms with Gasteiger partial charge in [0.1, 0.15) is 0 Å². The molecule has 0 bridgehead atoms. The van der Waals surface area contributed by atoms with Crippen LogP contribution in [-0.4, -0.2) is 27.0 Å². The second-order valence-electron chi connectivity index (χ2n) is 5.83. The van der Waals surface area contributed by atoms with E-state index in [1.54, 1.807) is 0 Å². The van der Waals surface area contributed by atoms with Crippen LogP contribution in [0.5, 0.6) is 0 Å². The van der Waals surface area contributed by atoms with Crippen LogP contribution >= 0.6 is 0 Å². The summed E-state index contributed by atoms with van der Waals surface area (Å²) >= 11 is 0. The van der Waals surface area contributed by atoms with Gasteiger partial charge in [0.2, 0.25) is 0 Å². The average molecular weight is 279 g/mol. The van der Waals surface area contributed by atoms with E-state index < -0.39 is 9.84 Å². The summed E-state index contributed by atoms with van der Waals surface area (Å²) in [5.74, 6) is 1.60. The molecule has 0 amide bonds. The van der Waals surface area contributed by atoms with Crippen molar-refractivity contribution < 1.29 is 8.42 Å². The normalized spacial score (nSPS) is 27.3. The number of nitrogens with one attached hydrogen (secondary N) is 1. The average Bonchev–Trinajstić information content (AvgIpc) is 3.16. The molecular weight excluding hydrogens is 258 g/mol. The molecular formula is C15H21NO2S. The summed E-state index contributed by atoms with van der Waals surface area (Å²) in [5.41, 5.74) is 2.74. The highest BCUT2D eigenvalue weighted by atomic mass is 32.2. The fourth-order valence-corrected chi connectivity index (χ4v) is 5.13. The predicted molar refractivity (Wildman–Crippen MR) is 77.0 cm³/mol. The standard InChI is InChI=1S/C15H21NO2S/c1-16-15(12-8-9-19(17,18)10-12)14-5-3-2-4-13(14)11-6-7-11/h2-5,11-12,15-16H,6-10H2,1H3. The van der Waals surface area contributed by atoms with E-state index in [2.05, 4.69) is 29.6 Å². The lowest BCUT2D eigenvalue weighted by molar-refractivity contribution is 0.416. The Balaban J connectivity index is 1.90. The highest BCUT2D eigenvalue weighted by molar-refractivity contribution is 7.91. The molecule has 19 heavy (non-hydrogen) atoms. The van der Waals surface area contributed by atoms with Crippen LogP contribution in [0, 0.1) is 5.92 Å². The van der Waals surface area contributed by atoms with Crippen molar-refractivity contribution in [3.63, 3.8) is 0 Å². The first kappa shape index (κ1) is 13.1. The molecule has 3 nitrogen and oxygen atoms in total. The van der Waals surface area contributed by atoms with Crippen molar-refractivity contribution in [1.82, 2.24) is 5.32 Å². The molecule has 0 spiro atoms. The molecule has 1 aliphatic heterocycles. The molecule has 4 heteroatoms. The number of hydrogen-bond acceptors (Lipinski definition) is 3. The van der Waals surface area contributed by atoms with E-state index in [-0.39, 0.29) is 12.0 Å².